The number of para-hydroxylation sites is 1. The number of nitro benzene ring substituents is 1. The summed E-state index contributed by atoms with van der Waals surface area (Å²) in [6.45, 7) is 2.17. The van der Waals surface area contributed by atoms with Crippen LogP contribution in [0.1, 0.15) is 50.8 Å². The number of thioether (sulfide) groups is 1. The molecule has 1 amide bonds. The fraction of sp³-hybridized carbons (Fsp3) is 0.375. The number of hydrogen-bond donors (Lipinski definition) is 1. The smallest absolute Gasteiger partial charge is 0.280 e. The minimum absolute atomic E-state index is 0.0126. The maximum atomic E-state index is 13.3. The van der Waals surface area contributed by atoms with Crippen molar-refractivity contribution in [1.29, 1.82) is 0 Å². The summed E-state index contributed by atoms with van der Waals surface area (Å²) < 4.78 is 10.8. The van der Waals surface area contributed by atoms with Gasteiger partial charge < -0.3 is 9.47 Å². The van der Waals surface area contributed by atoms with Crippen LogP contribution < -0.4 is 25.4 Å². The monoisotopic (exact) mass is 495 g/mol. The lowest BCUT2D eigenvalue weighted by Crippen LogP contribution is -2.50. The van der Waals surface area contributed by atoms with Gasteiger partial charge in [-0.05, 0) is 18.6 Å². The second kappa shape index (κ2) is 9.95. The van der Waals surface area contributed by atoms with Crippen LogP contribution in [0, 0.1) is 10.1 Å². The number of amidine groups is 1. The number of benzene rings is 2. The molecule has 182 valence electrons. The number of carbonyl (C=O) groups is 1. The van der Waals surface area contributed by atoms with E-state index < -0.39 is 11.1 Å². The number of nitrogens with zero attached hydrogens (tertiary/aromatic N) is 4. The van der Waals surface area contributed by atoms with E-state index in [1.807, 2.05) is 12.1 Å². The lowest BCUT2D eigenvalue weighted by molar-refractivity contribution is -0.386. The Labute approximate surface area is 205 Å². The summed E-state index contributed by atoms with van der Waals surface area (Å²) in [4.78, 5) is 29.5. The fourth-order valence-corrected chi connectivity index (χ4v) is 5.13. The van der Waals surface area contributed by atoms with Crippen molar-refractivity contribution in [3.8, 4) is 11.5 Å². The molecule has 0 spiro atoms. The first-order valence-electron chi connectivity index (χ1n) is 11.6. The Morgan fingerprint density at radius 1 is 1.17 bits per heavy atom. The Morgan fingerprint density at radius 3 is 2.74 bits per heavy atom. The normalized spacial score (nSPS) is 17.8. The van der Waals surface area contributed by atoms with Crippen LogP contribution >= 0.6 is 11.8 Å². The lowest BCUT2D eigenvalue weighted by Gasteiger charge is -2.33. The molecule has 0 saturated carbocycles. The minimum atomic E-state index is -0.916. The van der Waals surface area contributed by atoms with Crippen molar-refractivity contribution in [1.82, 2.24) is 10.3 Å². The van der Waals surface area contributed by atoms with E-state index in [9.17, 15) is 14.9 Å². The van der Waals surface area contributed by atoms with E-state index in [-0.39, 0.29) is 24.0 Å². The summed E-state index contributed by atoms with van der Waals surface area (Å²) in [7, 11) is 0. The third-order valence-corrected chi connectivity index (χ3v) is 6.95. The molecule has 3 aliphatic rings. The van der Waals surface area contributed by atoms with Crippen molar-refractivity contribution in [2.45, 2.75) is 45.2 Å². The molecule has 3 heterocycles. The molecule has 0 aliphatic carbocycles. The molecule has 0 fully saturated rings. The molecule has 1 atom stereocenters. The molecule has 0 unspecified atom stereocenters. The molecule has 0 saturated heterocycles. The van der Waals surface area contributed by atoms with Gasteiger partial charge >= 0.3 is 0 Å². The Kier molecular flexibility index (Phi) is 6.58. The van der Waals surface area contributed by atoms with E-state index in [1.165, 1.54) is 42.1 Å². The molecule has 10 nitrogen and oxygen atoms in total. The van der Waals surface area contributed by atoms with Crippen molar-refractivity contribution in [2.24, 2.45) is 10.1 Å². The third kappa shape index (κ3) is 4.55. The summed E-state index contributed by atoms with van der Waals surface area (Å²) in [6, 6.07) is 10.1. The molecule has 11 heteroatoms. The van der Waals surface area contributed by atoms with Crippen molar-refractivity contribution >= 4 is 34.2 Å². The molecule has 2 aromatic carbocycles. The fourth-order valence-electron chi connectivity index (χ4n) is 4.28. The number of rotatable bonds is 8. The van der Waals surface area contributed by atoms with Crippen molar-refractivity contribution in [3.63, 3.8) is 0 Å². The summed E-state index contributed by atoms with van der Waals surface area (Å²) >= 11 is 1.47. The van der Waals surface area contributed by atoms with Crippen LogP contribution in [0.2, 0.25) is 0 Å². The summed E-state index contributed by atoms with van der Waals surface area (Å²) in [6.07, 6.45) is 4.80. The van der Waals surface area contributed by atoms with E-state index in [2.05, 4.69) is 12.2 Å². The van der Waals surface area contributed by atoms with E-state index in [0.29, 0.717) is 32.9 Å². The summed E-state index contributed by atoms with van der Waals surface area (Å²) in [5.74, 6) is 1.20. The molecule has 1 N–H and O–H groups in total. The molecule has 0 radical (unpaired) electrons. The number of unbranched alkanes of at least 4 members (excludes halogenated alkanes) is 4. The quantitative estimate of drug-likeness (QED) is 0.339. The number of carbonyl (C=O) groups excluding carboxylic acids is 1. The number of hydrogen-bond acceptors (Lipinski definition) is 9. The van der Waals surface area contributed by atoms with Gasteiger partial charge in [-0.25, -0.2) is 5.01 Å². The van der Waals surface area contributed by atoms with Gasteiger partial charge in [0.1, 0.15) is 5.70 Å². The molecule has 0 aromatic heterocycles. The molecular weight excluding hydrogens is 470 g/mol. The maximum Gasteiger partial charge on any atom is 0.280 e. The zero-order valence-electron chi connectivity index (χ0n) is 19.2. The molecule has 0 bridgehead atoms. The van der Waals surface area contributed by atoms with Crippen LogP contribution in [-0.4, -0.2) is 33.6 Å². The third-order valence-electron chi connectivity index (χ3n) is 6.00. The van der Waals surface area contributed by atoms with E-state index in [1.54, 1.807) is 18.2 Å². The van der Waals surface area contributed by atoms with Gasteiger partial charge in [-0.15, -0.1) is 5.10 Å². The molecule has 35 heavy (non-hydrogen) atoms. The number of fused-ring (bicyclic) bond motifs is 3. The van der Waals surface area contributed by atoms with Crippen LogP contribution in [-0.2, 0) is 4.79 Å². The highest BCUT2D eigenvalue weighted by molar-refractivity contribution is 8.13. The van der Waals surface area contributed by atoms with Gasteiger partial charge in [0.2, 0.25) is 6.79 Å². The van der Waals surface area contributed by atoms with Crippen LogP contribution in [0.25, 0.3) is 5.70 Å². The molecule has 5 rings (SSSR count). The predicted molar refractivity (Wildman–Crippen MR) is 131 cm³/mol. The van der Waals surface area contributed by atoms with Gasteiger partial charge in [0.25, 0.3) is 11.6 Å². The SMILES string of the molecule is CCCCCCCSC1=NN2C(=c3ccccc3=N[C@@H]2c2cc3c(cc2[N+](=O)[O-])OCO3)C(=O)N1. The van der Waals surface area contributed by atoms with E-state index in [0.717, 1.165) is 18.6 Å². The highest BCUT2D eigenvalue weighted by atomic mass is 32.2. The van der Waals surface area contributed by atoms with Gasteiger partial charge in [0, 0.05) is 11.0 Å². The number of amides is 1. The van der Waals surface area contributed by atoms with Gasteiger partial charge in [-0.3, -0.25) is 25.2 Å². The maximum absolute atomic E-state index is 13.3. The number of ether oxygens (including phenoxy) is 2. The van der Waals surface area contributed by atoms with Crippen LogP contribution in [0.4, 0.5) is 5.69 Å². The Morgan fingerprint density at radius 2 is 1.94 bits per heavy atom. The van der Waals surface area contributed by atoms with Crippen LogP contribution in [0.3, 0.4) is 0 Å². The lowest BCUT2D eigenvalue weighted by atomic mass is 10.1. The second-order valence-electron chi connectivity index (χ2n) is 8.36. The largest absolute Gasteiger partial charge is 0.454 e. The highest BCUT2D eigenvalue weighted by Crippen LogP contribution is 2.43. The number of hydrazone groups is 1. The van der Waals surface area contributed by atoms with E-state index in [4.69, 9.17) is 19.6 Å². The molecule has 3 aliphatic heterocycles. The van der Waals surface area contributed by atoms with Gasteiger partial charge in [-0.1, -0.05) is 62.6 Å². The van der Waals surface area contributed by atoms with Crippen molar-refractivity contribution < 1.29 is 19.2 Å². The predicted octanol–water partition coefficient (Wildman–Crippen LogP) is 3.17. The summed E-state index contributed by atoms with van der Waals surface area (Å²) in [5.41, 5.74) is 0.404. The van der Waals surface area contributed by atoms with E-state index >= 15 is 0 Å². The Balaban J connectivity index is 1.55. The average molecular weight is 496 g/mol. The summed E-state index contributed by atoms with van der Waals surface area (Å²) in [5, 5.41) is 22.7. The first-order chi connectivity index (χ1) is 17.1. The minimum Gasteiger partial charge on any atom is -0.454 e. The standard InChI is InChI=1S/C24H25N5O5S/c1-2-3-4-5-8-11-35-24-26-23(30)21-15-9-6-7-10-17(15)25-22(28(21)27-24)16-12-19-20(34-14-33-19)13-18(16)29(31)32/h6-7,9-10,12-13,22H,2-5,8,11,14H2,1H3,(H,26,27,30)/t22-/m0/s1. The first-order valence-corrected chi connectivity index (χ1v) is 12.6. The second-order valence-corrected chi connectivity index (χ2v) is 9.44. The zero-order chi connectivity index (χ0) is 24.4. The van der Waals surface area contributed by atoms with Gasteiger partial charge in [-0.2, -0.15) is 0 Å². The zero-order valence-corrected chi connectivity index (χ0v) is 20.0. The molecular formula is C24H25N5O5S. The van der Waals surface area contributed by atoms with Crippen molar-refractivity contribution in [2.75, 3.05) is 12.5 Å². The Hall–Kier alpha value is -3.60. The highest BCUT2D eigenvalue weighted by Gasteiger charge is 2.38. The van der Waals surface area contributed by atoms with Crippen LogP contribution in [0.5, 0.6) is 11.5 Å². The number of nitro groups is 1. The van der Waals surface area contributed by atoms with Gasteiger partial charge in [0.05, 0.1) is 21.9 Å². The topological polar surface area (TPSA) is 119 Å². The van der Waals surface area contributed by atoms with Gasteiger partial charge in [0.15, 0.2) is 22.8 Å². The molecule has 2 aromatic rings. The average Bonchev–Trinajstić information content (AvgIpc) is 3.32. The first kappa shape index (κ1) is 23.2. The van der Waals surface area contributed by atoms with Crippen LogP contribution in [0.15, 0.2) is 46.5 Å². The number of nitrogens with one attached hydrogen (secondary N) is 1. The van der Waals surface area contributed by atoms with Crippen molar-refractivity contribution in [3.05, 3.63) is 62.7 Å². The Bertz CT molecular complexity index is 1330.